The van der Waals surface area contributed by atoms with Gasteiger partial charge in [-0.25, -0.2) is 0 Å². The maximum absolute atomic E-state index is 10.4. The molecule has 2 nitrogen and oxygen atoms in total. The first-order valence-corrected chi connectivity index (χ1v) is 4.73. The molecule has 0 aliphatic heterocycles. The molecule has 1 heterocycles. The Morgan fingerprint density at radius 1 is 1.67 bits per heavy atom. The highest BCUT2D eigenvalue weighted by molar-refractivity contribution is 9.09. The van der Waals surface area contributed by atoms with E-state index in [2.05, 4.69) is 27.8 Å². The number of halogens is 1. The number of aldehydes is 1. The summed E-state index contributed by atoms with van der Waals surface area (Å²) in [5.41, 5.74) is 1.95. The van der Waals surface area contributed by atoms with Crippen LogP contribution in [0.3, 0.4) is 0 Å². The number of carbonyl (C=O) groups excluding carboxylic acids is 1. The zero-order valence-electron chi connectivity index (χ0n) is 6.83. The quantitative estimate of drug-likeness (QED) is 0.586. The number of pyridine rings is 1. The minimum Gasteiger partial charge on any atom is -0.302 e. The molecule has 1 aromatic rings. The lowest BCUT2D eigenvalue weighted by Crippen LogP contribution is -1.95. The predicted octanol–water partition coefficient (Wildman–Crippen LogP) is 2.28. The van der Waals surface area contributed by atoms with Crippen molar-refractivity contribution in [2.45, 2.75) is 18.2 Å². The third kappa shape index (κ3) is 2.14. The molecule has 1 atom stereocenters. The molecule has 3 heteroatoms. The summed E-state index contributed by atoms with van der Waals surface area (Å²) in [5.74, 6) is 0. The molecule has 0 radical (unpaired) electrons. The van der Waals surface area contributed by atoms with Crippen LogP contribution in [0.2, 0.25) is 0 Å². The van der Waals surface area contributed by atoms with Crippen LogP contribution in [0.1, 0.15) is 23.0 Å². The maximum atomic E-state index is 10.4. The van der Waals surface area contributed by atoms with Crippen LogP contribution in [-0.4, -0.2) is 11.3 Å². The minimum atomic E-state index is -0.275. The lowest BCUT2D eigenvalue weighted by atomic mass is 10.2. The number of alkyl halides is 1. The van der Waals surface area contributed by atoms with Crippen LogP contribution in [0.15, 0.2) is 18.3 Å². The molecule has 0 saturated heterocycles. The Labute approximate surface area is 80.1 Å². The Hall–Kier alpha value is -0.700. The Bertz CT molecular complexity index is 258. The van der Waals surface area contributed by atoms with Crippen molar-refractivity contribution in [1.29, 1.82) is 0 Å². The molecule has 1 rings (SSSR count). The van der Waals surface area contributed by atoms with Crippen molar-refractivity contribution in [2.24, 2.45) is 0 Å². The van der Waals surface area contributed by atoms with E-state index < -0.39 is 0 Å². The predicted molar refractivity (Wildman–Crippen MR) is 51.3 cm³/mol. The first-order chi connectivity index (χ1) is 5.77. The maximum Gasteiger partial charge on any atom is 0.139 e. The van der Waals surface area contributed by atoms with Crippen LogP contribution < -0.4 is 0 Å². The topological polar surface area (TPSA) is 30.0 Å². The molecule has 1 unspecified atom stereocenters. The van der Waals surface area contributed by atoms with Gasteiger partial charge in [-0.15, -0.1) is 0 Å². The van der Waals surface area contributed by atoms with E-state index in [1.54, 1.807) is 6.20 Å². The number of carbonyl (C=O) groups is 1. The van der Waals surface area contributed by atoms with E-state index in [4.69, 9.17) is 0 Å². The van der Waals surface area contributed by atoms with Crippen LogP contribution in [0.25, 0.3) is 0 Å². The molecule has 0 saturated carbocycles. The van der Waals surface area contributed by atoms with Crippen LogP contribution in [-0.2, 0) is 11.2 Å². The molecule has 0 bridgehead atoms. The van der Waals surface area contributed by atoms with E-state index in [1.165, 1.54) is 5.56 Å². The van der Waals surface area contributed by atoms with Gasteiger partial charge in [-0.2, -0.15) is 0 Å². The summed E-state index contributed by atoms with van der Waals surface area (Å²) < 4.78 is 0. The first-order valence-electron chi connectivity index (χ1n) is 3.82. The van der Waals surface area contributed by atoms with E-state index in [0.29, 0.717) is 0 Å². The third-order valence-corrected chi connectivity index (χ3v) is 2.34. The molecule has 0 amide bonds. The van der Waals surface area contributed by atoms with Crippen molar-refractivity contribution >= 4 is 22.2 Å². The Balaban J connectivity index is 2.84. The van der Waals surface area contributed by atoms with E-state index in [-0.39, 0.29) is 4.83 Å². The van der Waals surface area contributed by atoms with Gasteiger partial charge in [0.15, 0.2) is 0 Å². The molecular weight excluding hydrogens is 218 g/mol. The number of nitrogens with zero attached hydrogens (tertiary/aromatic N) is 1. The van der Waals surface area contributed by atoms with Gasteiger partial charge < -0.3 is 4.79 Å². The lowest BCUT2D eigenvalue weighted by molar-refractivity contribution is -0.107. The summed E-state index contributed by atoms with van der Waals surface area (Å²) in [6, 6.07) is 3.85. The van der Waals surface area contributed by atoms with Gasteiger partial charge in [0.25, 0.3) is 0 Å². The molecule has 0 spiro atoms. The summed E-state index contributed by atoms with van der Waals surface area (Å²) in [6.45, 7) is 2.07. The van der Waals surface area contributed by atoms with Crippen LogP contribution in [0, 0.1) is 0 Å². The van der Waals surface area contributed by atoms with E-state index in [0.717, 1.165) is 18.4 Å². The SMILES string of the molecule is CCc1ccc(C(Br)C=O)nc1. The fourth-order valence-electron chi connectivity index (χ4n) is 0.878. The zero-order chi connectivity index (χ0) is 8.97. The molecule has 64 valence electrons. The molecule has 1 aromatic heterocycles. The highest BCUT2D eigenvalue weighted by atomic mass is 79.9. The third-order valence-electron chi connectivity index (χ3n) is 1.66. The number of hydrogen-bond acceptors (Lipinski definition) is 2. The van der Waals surface area contributed by atoms with Gasteiger partial charge in [0.1, 0.15) is 11.1 Å². The molecule has 0 aliphatic carbocycles. The summed E-state index contributed by atoms with van der Waals surface area (Å²) in [7, 11) is 0. The van der Waals surface area contributed by atoms with Crippen LogP contribution in [0.4, 0.5) is 0 Å². The fourth-order valence-corrected chi connectivity index (χ4v) is 1.15. The normalized spacial score (nSPS) is 12.5. The van der Waals surface area contributed by atoms with E-state index in [9.17, 15) is 4.79 Å². The summed E-state index contributed by atoms with van der Waals surface area (Å²) in [5, 5.41) is 0. The molecule has 0 aliphatic rings. The van der Waals surface area contributed by atoms with Gasteiger partial charge in [0.2, 0.25) is 0 Å². The lowest BCUT2D eigenvalue weighted by Gasteiger charge is -2.01. The van der Waals surface area contributed by atoms with Crippen molar-refractivity contribution in [3.63, 3.8) is 0 Å². The second kappa shape index (κ2) is 4.36. The number of rotatable bonds is 3. The molecular formula is C9H10BrNO. The van der Waals surface area contributed by atoms with Crippen molar-refractivity contribution in [1.82, 2.24) is 4.98 Å². The van der Waals surface area contributed by atoms with E-state index in [1.807, 2.05) is 12.1 Å². The highest BCUT2D eigenvalue weighted by Crippen LogP contribution is 2.17. The molecule has 12 heavy (non-hydrogen) atoms. The standard InChI is InChI=1S/C9H10BrNO/c1-2-7-3-4-9(11-5-7)8(10)6-12/h3-6,8H,2H2,1H3. The average Bonchev–Trinajstić information content (AvgIpc) is 2.17. The minimum absolute atomic E-state index is 0.275. The van der Waals surface area contributed by atoms with Gasteiger partial charge in [-0.1, -0.05) is 28.9 Å². The van der Waals surface area contributed by atoms with Gasteiger partial charge in [0, 0.05) is 6.20 Å². The molecule has 0 N–H and O–H groups in total. The number of aromatic nitrogens is 1. The number of hydrogen-bond donors (Lipinski definition) is 0. The highest BCUT2D eigenvalue weighted by Gasteiger charge is 2.05. The van der Waals surface area contributed by atoms with Crippen LogP contribution >= 0.6 is 15.9 Å². The second-order valence-electron chi connectivity index (χ2n) is 2.48. The van der Waals surface area contributed by atoms with Gasteiger partial charge in [-0.3, -0.25) is 4.98 Å². The Morgan fingerprint density at radius 3 is 2.83 bits per heavy atom. The van der Waals surface area contributed by atoms with Crippen molar-refractivity contribution in [2.75, 3.05) is 0 Å². The van der Waals surface area contributed by atoms with Crippen molar-refractivity contribution in [3.8, 4) is 0 Å². The van der Waals surface area contributed by atoms with Gasteiger partial charge in [-0.05, 0) is 18.1 Å². The average molecular weight is 228 g/mol. The van der Waals surface area contributed by atoms with Gasteiger partial charge >= 0.3 is 0 Å². The molecule has 0 fully saturated rings. The number of aryl methyl sites for hydroxylation is 1. The van der Waals surface area contributed by atoms with Gasteiger partial charge in [0.05, 0.1) is 5.69 Å². The van der Waals surface area contributed by atoms with Crippen LogP contribution in [0.5, 0.6) is 0 Å². The summed E-state index contributed by atoms with van der Waals surface area (Å²) >= 11 is 3.20. The molecule has 0 aromatic carbocycles. The smallest absolute Gasteiger partial charge is 0.139 e. The van der Waals surface area contributed by atoms with Crippen molar-refractivity contribution in [3.05, 3.63) is 29.6 Å². The van der Waals surface area contributed by atoms with Crippen molar-refractivity contribution < 1.29 is 4.79 Å². The Kier molecular flexibility index (Phi) is 3.41. The van der Waals surface area contributed by atoms with E-state index >= 15 is 0 Å². The zero-order valence-corrected chi connectivity index (χ0v) is 8.41. The largest absolute Gasteiger partial charge is 0.302 e. The monoisotopic (exact) mass is 227 g/mol. The Morgan fingerprint density at radius 2 is 2.42 bits per heavy atom. The second-order valence-corrected chi connectivity index (χ2v) is 3.47. The first kappa shape index (κ1) is 9.39. The summed E-state index contributed by atoms with van der Waals surface area (Å²) in [4.78, 5) is 14.2. The fraction of sp³-hybridized carbons (Fsp3) is 0.333. The summed E-state index contributed by atoms with van der Waals surface area (Å²) in [6.07, 6.45) is 3.60.